The minimum atomic E-state index is 0.938. The number of nitrogens with one attached hydrogen (secondary N) is 2. The Hall–Kier alpha value is -0.380. The van der Waals surface area contributed by atoms with E-state index >= 15 is 0 Å². The lowest BCUT2D eigenvalue weighted by Gasteiger charge is -2.08. The van der Waals surface area contributed by atoms with Crippen LogP contribution in [0.25, 0.3) is 0 Å². The van der Waals surface area contributed by atoms with Crippen molar-refractivity contribution in [3.63, 3.8) is 0 Å². The van der Waals surface area contributed by atoms with E-state index in [0.29, 0.717) is 0 Å². The van der Waals surface area contributed by atoms with Crippen LogP contribution in [0.1, 0.15) is 24.1 Å². The molecule has 0 amide bonds. The average Bonchev–Trinajstić information content (AvgIpc) is 2.88. The Morgan fingerprint density at radius 2 is 2.53 bits per heavy atom. The van der Waals surface area contributed by atoms with Crippen molar-refractivity contribution < 1.29 is 0 Å². The van der Waals surface area contributed by atoms with Crippen LogP contribution in [0.15, 0.2) is 17.5 Å². The van der Waals surface area contributed by atoms with Crippen molar-refractivity contribution in [3.05, 3.63) is 22.4 Å². The van der Waals surface area contributed by atoms with Crippen molar-refractivity contribution in [1.82, 2.24) is 10.6 Å². The van der Waals surface area contributed by atoms with Gasteiger partial charge in [-0.05, 0) is 56.3 Å². The standard InChI is InChI=1S/C12H20N2S/c1(3-11-5-7-14-9-11)6-13-10-12-4-2-8-15-12/h2,4,8,11,13-14H,1,3,5-7,9-10H2. The van der Waals surface area contributed by atoms with Gasteiger partial charge in [-0.1, -0.05) is 6.07 Å². The first kappa shape index (κ1) is 11.1. The van der Waals surface area contributed by atoms with Crippen molar-refractivity contribution in [2.24, 2.45) is 5.92 Å². The number of thiophene rings is 1. The summed E-state index contributed by atoms with van der Waals surface area (Å²) in [6.45, 7) is 4.67. The maximum absolute atomic E-state index is 3.50. The second kappa shape index (κ2) is 6.26. The lowest BCUT2D eigenvalue weighted by molar-refractivity contribution is 0.493. The average molecular weight is 224 g/mol. The summed E-state index contributed by atoms with van der Waals surface area (Å²) < 4.78 is 0. The second-order valence-electron chi connectivity index (χ2n) is 4.26. The normalized spacial score (nSPS) is 20.9. The van der Waals surface area contributed by atoms with Crippen LogP contribution in [0.3, 0.4) is 0 Å². The minimum absolute atomic E-state index is 0.938. The Morgan fingerprint density at radius 3 is 3.27 bits per heavy atom. The summed E-state index contributed by atoms with van der Waals surface area (Å²) in [5.41, 5.74) is 0. The summed E-state index contributed by atoms with van der Waals surface area (Å²) in [7, 11) is 0. The van der Waals surface area contributed by atoms with Gasteiger partial charge in [-0.15, -0.1) is 11.3 Å². The Bertz CT molecular complexity index is 253. The molecular weight excluding hydrogens is 204 g/mol. The van der Waals surface area contributed by atoms with Gasteiger partial charge in [0.05, 0.1) is 0 Å². The van der Waals surface area contributed by atoms with Crippen LogP contribution in [0.5, 0.6) is 0 Å². The molecule has 2 rings (SSSR count). The topological polar surface area (TPSA) is 24.1 Å². The molecule has 1 saturated heterocycles. The largest absolute Gasteiger partial charge is 0.316 e. The molecule has 1 atom stereocenters. The van der Waals surface area contributed by atoms with E-state index in [2.05, 4.69) is 28.1 Å². The van der Waals surface area contributed by atoms with Gasteiger partial charge >= 0.3 is 0 Å². The van der Waals surface area contributed by atoms with E-state index < -0.39 is 0 Å². The van der Waals surface area contributed by atoms with Gasteiger partial charge in [0.1, 0.15) is 0 Å². The van der Waals surface area contributed by atoms with Crippen molar-refractivity contribution in [1.29, 1.82) is 0 Å². The van der Waals surface area contributed by atoms with Crippen molar-refractivity contribution in [2.75, 3.05) is 19.6 Å². The summed E-state index contributed by atoms with van der Waals surface area (Å²) in [6.07, 6.45) is 4.08. The molecule has 1 aromatic rings. The first-order valence-electron chi connectivity index (χ1n) is 5.89. The van der Waals surface area contributed by atoms with Gasteiger partial charge in [0, 0.05) is 11.4 Å². The summed E-state index contributed by atoms with van der Waals surface area (Å²) >= 11 is 1.83. The van der Waals surface area contributed by atoms with Crippen LogP contribution in [0.4, 0.5) is 0 Å². The second-order valence-corrected chi connectivity index (χ2v) is 5.29. The van der Waals surface area contributed by atoms with Crippen molar-refractivity contribution in [2.45, 2.75) is 25.8 Å². The van der Waals surface area contributed by atoms with E-state index in [1.54, 1.807) is 0 Å². The summed E-state index contributed by atoms with van der Waals surface area (Å²) in [5.74, 6) is 0.938. The maximum Gasteiger partial charge on any atom is 0.0299 e. The highest BCUT2D eigenvalue weighted by Gasteiger charge is 2.12. The van der Waals surface area contributed by atoms with Gasteiger partial charge in [-0.25, -0.2) is 0 Å². The van der Waals surface area contributed by atoms with E-state index in [9.17, 15) is 0 Å². The highest BCUT2D eigenvalue weighted by Crippen LogP contribution is 2.13. The Labute approximate surface area is 96.1 Å². The zero-order valence-electron chi connectivity index (χ0n) is 9.17. The van der Waals surface area contributed by atoms with Gasteiger partial charge in [-0.3, -0.25) is 0 Å². The molecule has 0 bridgehead atoms. The molecule has 0 aromatic carbocycles. The van der Waals surface area contributed by atoms with Gasteiger partial charge in [0.25, 0.3) is 0 Å². The number of hydrogen-bond donors (Lipinski definition) is 2. The molecule has 0 radical (unpaired) electrons. The molecule has 0 spiro atoms. The molecule has 1 aliphatic heterocycles. The molecular formula is C12H20N2S. The third-order valence-electron chi connectivity index (χ3n) is 3.01. The van der Waals surface area contributed by atoms with Crippen LogP contribution < -0.4 is 10.6 Å². The quantitative estimate of drug-likeness (QED) is 0.724. The minimum Gasteiger partial charge on any atom is -0.316 e. The molecule has 1 aliphatic rings. The summed E-state index contributed by atoms with van der Waals surface area (Å²) in [4.78, 5) is 1.44. The molecule has 15 heavy (non-hydrogen) atoms. The third-order valence-corrected chi connectivity index (χ3v) is 3.88. The molecule has 2 nitrogen and oxygen atoms in total. The Balaban J connectivity index is 1.48. The highest BCUT2D eigenvalue weighted by atomic mass is 32.1. The van der Waals surface area contributed by atoms with Gasteiger partial charge in [0.2, 0.25) is 0 Å². The predicted octanol–water partition coefficient (Wildman–Crippen LogP) is 2.23. The summed E-state index contributed by atoms with van der Waals surface area (Å²) in [5, 5.41) is 9.06. The molecule has 0 saturated carbocycles. The number of rotatable bonds is 6. The molecule has 2 N–H and O–H groups in total. The number of hydrogen-bond acceptors (Lipinski definition) is 3. The molecule has 1 unspecified atom stereocenters. The SMILES string of the molecule is c1csc(CNCCCC2CCNC2)c1. The van der Waals surface area contributed by atoms with Gasteiger partial charge in [-0.2, -0.15) is 0 Å². The molecule has 3 heteroatoms. The van der Waals surface area contributed by atoms with Gasteiger partial charge in [0.15, 0.2) is 0 Å². The van der Waals surface area contributed by atoms with E-state index in [1.165, 1.54) is 37.2 Å². The van der Waals surface area contributed by atoms with Crippen LogP contribution >= 0.6 is 11.3 Å². The predicted molar refractivity (Wildman–Crippen MR) is 66.2 cm³/mol. The van der Waals surface area contributed by atoms with Crippen LogP contribution in [-0.2, 0) is 6.54 Å². The Morgan fingerprint density at radius 1 is 1.53 bits per heavy atom. The van der Waals surface area contributed by atoms with Crippen LogP contribution in [-0.4, -0.2) is 19.6 Å². The lowest BCUT2D eigenvalue weighted by Crippen LogP contribution is -2.16. The monoisotopic (exact) mass is 224 g/mol. The molecule has 2 heterocycles. The molecule has 0 aliphatic carbocycles. The molecule has 1 fully saturated rings. The highest BCUT2D eigenvalue weighted by molar-refractivity contribution is 7.09. The van der Waals surface area contributed by atoms with Gasteiger partial charge < -0.3 is 10.6 Å². The van der Waals surface area contributed by atoms with E-state index in [4.69, 9.17) is 0 Å². The third kappa shape index (κ3) is 3.93. The fourth-order valence-electron chi connectivity index (χ4n) is 2.10. The Kier molecular flexibility index (Phi) is 4.64. The first-order valence-corrected chi connectivity index (χ1v) is 6.77. The molecule has 84 valence electrons. The van der Waals surface area contributed by atoms with E-state index in [-0.39, 0.29) is 0 Å². The van der Waals surface area contributed by atoms with Crippen LogP contribution in [0, 0.1) is 5.92 Å². The van der Waals surface area contributed by atoms with Crippen molar-refractivity contribution in [3.8, 4) is 0 Å². The maximum atomic E-state index is 3.50. The van der Waals surface area contributed by atoms with E-state index in [1.807, 2.05) is 11.3 Å². The van der Waals surface area contributed by atoms with E-state index in [0.717, 1.165) is 19.0 Å². The zero-order valence-corrected chi connectivity index (χ0v) is 9.98. The fraction of sp³-hybridized carbons (Fsp3) is 0.667. The van der Waals surface area contributed by atoms with Crippen molar-refractivity contribution >= 4 is 11.3 Å². The van der Waals surface area contributed by atoms with Crippen LogP contribution in [0.2, 0.25) is 0 Å². The zero-order chi connectivity index (χ0) is 10.3. The first-order chi connectivity index (χ1) is 7.45. The fourth-order valence-corrected chi connectivity index (χ4v) is 2.78. The lowest BCUT2D eigenvalue weighted by atomic mass is 10.0. The molecule has 1 aromatic heterocycles. The summed E-state index contributed by atoms with van der Waals surface area (Å²) in [6, 6.07) is 4.31. The smallest absolute Gasteiger partial charge is 0.0299 e.